The molecule has 1 aromatic carbocycles. The minimum atomic E-state index is -0.368. The zero-order valence-corrected chi connectivity index (χ0v) is 8.53. The first-order valence-electron chi connectivity index (χ1n) is 4.22. The molecule has 0 spiro atoms. The average Bonchev–Trinajstić information content (AvgIpc) is 2.10. The van der Waals surface area contributed by atoms with Gasteiger partial charge in [0.2, 0.25) is 0 Å². The molecule has 0 saturated carbocycles. The molecule has 1 atom stereocenters. The van der Waals surface area contributed by atoms with Crippen molar-refractivity contribution in [1.82, 2.24) is 0 Å². The third-order valence-electron chi connectivity index (χ3n) is 2.19. The molecule has 0 amide bonds. The third kappa shape index (κ3) is 2.20. The molecule has 0 fully saturated rings. The fourth-order valence-corrected chi connectivity index (χ4v) is 1.49. The first kappa shape index (κ1) is 10.5. The van der Waals surface area contributed by atoms with E-state index in [0.29, 0.717) is 6.54 Å². The largest absolute Gasteiger partial charge is 0.330 e. The number of hydrogen-bond donors (Lipinski definition) is 1. The summed E-state index contributed by atoms with van der Waals surface area (Å²) >= 11 is 5.67. The van der Waals surface area contributed by atoms with Gasteiger partial charge in [0.05, 0.1) is 5.02 Å². The molecule has 13 heavy (non-hydrogen) atoms. The monoisotopic (exact) mass is 201 g/mol. The van der Waals surface area contributed by atoms with Crippen LogP contribution in [-0.2, 0) is 0 Å². The molecule has 1 nitrogen and oxygen atoms in total. The SMILES string of the molecule is Cc1cc(F)c(Cl)cc1C(C)CN. The normalized spacial score (nSPS) is 13.0. The molecule has 1 rings (SSSR count). The van der Waals surface area contributed by atoms with Crippen LogP contribution in [0.4, 0.5) is 4.39 Å². The quantitative estimate of drug-likeness (QED) is 0.783. The van der Waals surface area contributed by atoms with Gasteiger partial charge in [-0.2, -0.15) is 0 Å². The summed E-state index contributed by atoms with van der Waals surface area (Å²) in [4.78, 5) is 0. The first-order valence-corrected chi connectivity index (χ1v) is 4.59. The summed E-state index contributed by atoms with van der Waals surface area (Å²) in [6.45, 7) is 4.40. The number of halogens is 2. The number of benzene rings is 1. The van der Waals surface area contributed by atoms with Crippen molar-refractivity contribution in [3.05, 3.63) is 34.1 Å². The lowest BCUT2D eigenvalue weighted by Gasteiger charge is -2.12. The molecule has 0 aromatic heterocycles. The van der Waals surface area contributed by atoms with E-state index in [9.17, 15) is 4.39 Å². The Labute approximate surface area is 82.7 Å². The summed E-state index contributed by atoms with van der Waals surface area (Å²) in [6.07, 6.45) is 0. The van der Waals surface area contributed by atoms with Crippen molar-refractivity contribution in [3.63, 3.8) is 0 Å². The minimum absolute atomic E-state index is 0.167. The Morgan fingerprint density at radius 2 is 2.15 bits per heavy atom. The van der Waals surface area contributed by atoms with E-state index in [0.717, 1.165) is 11.1 Å². The highest BCUT2D eigenvalue weighted by molar-refractivity contribution is 6.30. The molecule has 0 aliphatic carbocycles. The number of aryl methyl sites for hydroxylation is 1. The van der Waals surface area contributed by atoms with Crippen LogP contribution in [0.3, 0.4) is 0 Å². The van der Waals surface area contributed by atoms with Crippen molar-refractivity contribution in [1.29, 1.82) is 0 Å². The first-order chi connectivity index (χ1) is 6.06. The van der Waals surface area contributed by atoms with Gasteiger partial charge in [0.1, 0.15) is 5.82 Å². The molecule has 3 heteroatoms. The molecule has 2 N–H and O–H groups in total. The summed E-state index contributed by atoms with van der Waals surface area (Å²) in [5.41, 5.74) is 7.45. The summed E-state index contributed by atoms with van der Waals surface area (Å²) in [7, 11) is 0. The van der Waals surface area contributed by atoms with E-state index in [1.54, 1.807) is 6.07 Å². The van der Waals surface area contributed by atoms with Gasteiger partial charge in [-0.1, -0.05) is 18.5 Å². The predicted molar refractivity (Wildman–Crippen MR) is 53.6 cm³/mol. The number of hydrogen-bond acceptors (Lipinski definition) is 1. The Hall–Kier alpha value is -0.600. The van der Waals surface area contributed by atoms with Crippen LogP contribution in [0.2, 0.25) is 5.02 Å². The topological polar surface area (TPSA) is 26.0 Å². The highest BCUT2D eigenvalue weighted by Gasteiger charge is 2.10. The van der Waals surface area contributed by atoms with Gasteiger partial charge >= 0.3 is 0 Å². The van der Waals surface area contributed by atoms with Gasteiger partial charge in [0, 0.05) is 0 Å². The maximum absolute atomic E-state index is 13.0. The lowest BCUT2D eigenvalue weighted by molar-refractivity contribution is 0.624. The zero-order chi connectivity index (χ0) is 10.0. The number of rotatable bonds is 2. The fraction of sp³-hybridized carbons (Fsp3) is 0.400. The van der Waals surface area contributed by atoms with Crippen molar-refractivity contribution < 1.29 is 4.39 Å². The Morgan fingerprint density at radius 1 is 1.54 bits per heavy atom. The van der Waals surface area contributed by atoms with Crippen molar-refractivity contribution >= 4 is 11.6 Å². The number of nitrogens with two attached hydrogens (primary N) is 1. The van der Waals surface area contributed by atoms with Crippen LogP contribution < -0.4 is 5.73 Å². The molecular weight excluding hydrogens is 189 g/mol. The Kier molecular flexibility index (Phi) is 3.28. The van der Waals surface area contributed by atoms with E-state index >= 15 is 0 Å². The van der Waals surface area contributed by atoms with Crippen LogP contribution in [-0.4, -0.2) is 6.54 Å². The lowest BCUT2D eigenvalue weighted by Crippen LogP contribution is -2.10. The molecule has 0 saturated heterocycles. The predicted octanol–water partition coefficient (Wildman–Crippen LogP) is 2.85. The second kappa shape index (κ2) is 4.07. The molecule has 0 aliphatic heterocycles. The molecule has 0 bridgehead atoms. The molecule has 72 valence electrons. The van der Waals surface area contributed by atoms with Crippen molar-refractivity contribution in [2.45, 2.75) is 19.8 Å². The second-order valence-corrected chi connectivity index (χ2v) is 3.67. The Bertz CT molecular complexity index is 312. The van der Waals surface area contributed by atoms with Crippen LogP contribution in [0.5, 0.6) is 0 Å². The summed E-state index contributed by atoms with van der Waals surface area (Å²) in [6, 6.07) is 3.10. The summed E-state index contributed by atoms with van der Waals surface area (Å²) in [5.74, 6) is -0.148. The average molecular weight is 202 g/mol. The van der Waals surface area contributed by atoms with E-state index in [1.807, 2.05) is 13.8 Å². The smallest absolute Gasteiger partial charge is 0.142 e. The van der Waals surface area contributed by atoms with E-state index in [2.05, 4.69) is 0 Å². The van der Waals surface area contributed by atoms with Gasteiger partial charge in [-0.05, 0) is 42.6 Å². The van der Waals surface area contributed by atoms with Gasteiger partial charge in [0.15, 0.2) is 0 Å². The molecule has 1 unspecified atom stereocenters. The third-order valence-corrected chi connectivity index (χ3v) is 2.48. The van der Waals surface area contributed by atoms with Crippen LogP contribution in [0.15, 0.2) is 12.1 Å². The van der Waals surface area contributed by atoms with Gasteiger partial charge in [-0.25, -0.2) is 4.39 Å². The maximum atomic E-state index is 13.0. The van der Waals surface area contributed by atoms with E-state index < -0.39 is 0 Å². The van der Waals surface area contributed by atoms with Crippen LogP contribution >= 0.6 is 11.6 Å². The Balaban J connectivity index is 3.15. The van der Waals surface area contributed by atoms with Gasteiger partial charge in [0.25, 0.3) is 0 Å². The summed E-state index contributed by atoms with van der Waals surface area (Å²) < 4.78 is 13.0. The van der Waals surface area contributed by atoms with Crippen molar-refractivity contribution in [2.75, 3.05) is 6.54 Å². The highest BCUT2D eigenvalue weighted by atomic mass is 35.5. The van der Waals surface area contributed by atoms with Crippen molar-refractivity contribution in [3.8, 4) is 0 Å². The van der Waals surface area contributed by atoms with Crippen LogP contribution in [0, 0.1) is 12.7 Å². The molecule has 0 heterocycles. The minimum Gasteiger partial charge on any atom is -0.330 e. The van der Waals surface area contributed by atoms with E-state index in [-0.39, 0.29) is 16.8 Å². The van der Waals surface area contributed by atoms with Crippen molar-refractivity contribution in [2.24, 2.45) is 5.73 Å². The van der Waals surface area contributed by atoms with Gasteiger partial charge in [-0.3, -0.25) is 0 Å². The molecule has 0 radical (unpaired) electrons. The molecule has 0 aliphatic rings. The standard InChI is InChI=1S/C10H13ClFN/c1-6-3-10(12)9(11)4-8(6)7(2)5-13/h3-4,7H,5,13H2,1-2H3. The van der Waals surface area contributed by atoms with Gasteiger partial charge < -0.3 is 5.73 Å². The maximum Gasteiger partial charge on any atom is 0.142 e. The van der Waals surface area contributed by atoms with Crippen LogP contribution in [0.25, 0.3) is 0 Å². The van der Waals surface area contributed by atoms with Gasteiger partial charge in [-0.15, -0.1) is 0 Å². The van der Waals surface area contributed by atoms with E-state index in [4.69, 9.17) is 17.3 Å². The van der Waals surface area contributed by atoms with E-state index in [1.165, 1.54) is 6.07 Å². The highest BCUT2D eigenvalue weighted by Crippen LogP contribution is 2.25. The second-order valence-electron chi connectivity index (χ2n) is 3.26. The zero-order valence-electron chi connectivity index (χ0n) is 7.77. The molecular formula is C10H13ClFN. The van der Waals surface area contributed by atoms with Crippen LogP contribution in [0.1, 0.15) is 24.0 Å². The lowest BCUT2D eigenvalue weighted by atomic mass is 9.96. The fourth-order valence-electron chi connectivity index (χ4n) is 1.32. The molecule has 1 aromatic rings. The Morgan fingerprint density at radius 3 is 2.69 bits per heavy atom. The summed E-state index contributed by atoms with van der Waals surface area (Å²) in [5, 5.41) is 0.167.